The monoisotopic (exact) mass is 287 g/mol. The van der Waals surface area contributed by atoms with E-state index in [1.54, 1.807) is 0 Å². The average molecular weight is 287 g/mol. The summed E-state index contributed by atoms with van der Waals surface area (Å²) in [6.45, 7) is 9.32. The molecule has 0 fully saturated rings. The Morgan fingerprint density at radius 2 is 2.10 bits per heavy atom. The number of hydrogen-bond acceptors (Lipinski definition) is 2. The molecule has 0 N–H and O–H groups in total. The minimum atomic E-state index is 0.186. The van der Waals surface area contributed by atoms with Gasteiger partial charge in [-0.25, -0.2) is 0 Å². The number of rotatable bonds is 7. The van der Waals surface area contributed by atoms with Gasteiger partial charge in [0.05, 0.1) is 6.10 Å². The Labute approximate surface area is 126 Å². The molecule has 1 atom stereocenters. The van der Waals surface area contributed by atoms with Crippen molar-refractivity contribution in [2.24, 2.45) is 0 Å². The molecule has 3 nitrogen and oxygen atoms in total. The molecule has 0 radical (unpaired) electrons. The predicted molar refractivity (Wildman–Crippen MR) is 87.4 cm³/mol. The van der Waals surface area contributed by atoms with Crippen LogP contribution in [0, 0.1) is 6.92 Å². The van der Waals surface area contributed by atoms with E-state index in [0.29, 0.717) is 0 Å². The lowest BCUT2D eigenvalue weighted by Gasteiger charge is -2.13. The number of nitrogens with zero attached hydrogens (tertiary/aromatic N) is 1. The summed E-state index contributed by atoms with van der Waals surface area (Å²) in [5, 5.41) is 0.999. The molecule has 2 aromatic rings. The second-order valence-electron chi connectivity index (χ2n) is 5.64. The highest BCUT2D eigenvalue weighted by molar-refractivity contribution is 6.00. The van der Waals surface area contributed by atoms with E-state index < -0.39 is 0 Å². The predicted octanol–water partition coefficient (Wildman–Crippen LogP) is 4.74. The molecule has 0 aliphatic heterocycles. The van der Waals surface area contributed by atoms with Crippen molar-refractivity contribution in [1.82, 2.24) is 4.57 Å². The van der Waals surface area contributed by atoms with Crippen molar-refractivity contribution in [3.63, 3.8) is 0 Å². The smallest absolute Gasteiger partial charge is 0.152 e. The van der Waals surface area contributed by atoms with Crippen molar-refractivity contribution in [2.75, 3.05) is 0 Å². The van der Waals surface area contributed by atoms with Crippen LogP contribution in [-0.4, -0.2) is 17.0 Å². The number of aldehydes is 1. The molecule has 0 aliphatic rings. The molecule has 0 amide bonds. The maximum Gasteiger partial charge on any atom is 0.152 e. The fourth-order valence-corrected chi connectivity index (χ4v) is 2.63. The molecule has 1 heterocycles. The van der Waals surface area contributed by atoms with Crippen molar-refractivity contribution in [3.8, 4) is 5.75 Å². The first-order valence-corrected chi connectivity index (χ1v) is 7.87. The highest BCUT2D eigenvalue weighted by Crippen LogP contribution is 2.29. The molecule has 0 saturated carbocycles. The van der Waals surface area contributed by atoms with Crippen molar-refractivity contribution >= 4 is 17.2 Å². The topological polar surface area (TPSA) is 31.2 Å². The second kappa shape index (κ2) is 6.79. The van der Waals surface area contributed by atoms with Gasteiger partial charge in [0.2, 0.25) is 0 Å². The van der Waals surface area contributed by atoms with E-state index in [1.165, 1.54) is 0 Å². The van der Waals surface area contributed by atoms with Gasteiger partial charge in [-0.05, 0) is 44.9 Å². The summed E-state index contributed by atoms with van der Waals surface area (Å²) in [4.78, 5) is 11.5. The van der Waals surface area contributed by atoms with Crippen molar-refractivity contribution in [1.29, 1.82) is 0 Å². The maximum atomic E-state index is 11.5. The molecule has 3 heteroatoms. The molecule has 0 saturated heterocycles. The van der Waals surface area contributed by atoms with Gasteiger partial charge in [0.15, 0.2) is 6.29 Å². The molecule has 0 aliphatic carbocycles. The standard InChI is InChI=1S/C18H25NO2/c1-5-7-10-19-14(4)17(12-20)16-11-15(8-9-18(16)19)21-13(3)6-2/h8-9,11-13H,5-7,10H2,1-4H3. The van der Waals surface area contributed by atoms with Crippen LogP contribution >= 0.6 is 0 Å². The van der Waals surface area contributed by atoms with Gasteiger partial charge in [-0.3, -0.25) is 4.79 Å². The number of ether oxygens (including phenoxy) is 1. The molecule has 1 aromatic heterocycles. The van der Waals surface area contributed by atoms with Crippen LogP contribution in [0.2, 0.25) is 0 Å². The summed E-state index contributed by atoms with van der Waals surface area (Å²) in [6, 6.07) is 6.08. The lowest BCUT2D eigenvalue weighted by Crippen LogP contribution is -2.09. The van der Waals surface area contributed by atoms with Gasteiger partial charge >= 0.3 is 0 Å². The zero-order valence-corrected chi connectivity index (χ0v) is 13.5. The lowest BCUT2D eigenvalue weighted by molar-refractivity contribution is 0.112. The third kappa shape index (κ3) is 3.12. The SMILES string of the molecule is CCCCn1c(C)c(C=O)c2cc(OC(C)CC)ccc21. The summed E-state index contributed by atoms with van der Waals surface area (Å²) < 4.78 is 8.12. The second-order valence-corrected chi connectivity index (χ2v) is 5.64. The van der Waals surface area contributed by atoms with Gasteiger partial charge in [0, 0.05) is 28.7 Å². The van der Waals surface area contributed by atoms with Gasteiger partial charge in [-0.2, -0.15) is 0 Å². The van der Waals surface area contributed by atoms with Gasteiger partial charge in [-0.1, -0.05) is 20.3 Å². The Hall–Kier alpha value is -1.77. The largest absolute Gasteiger partial charge is 0.491 e. The number of aromatic nitrogens is 1. The van der Waals surface area contributed by atoms with Crippen LogP contribution in [-0.2, 0) is 6.54 Å². The Morgan fingerprint density at radius 3 is 2.71 bits per heavy atom. The van der Waals surface area contributed by atoms with E-state index in [4.69, 9.17) is 4.74 Å². The summed E-state index contributed by atoms with van der Waals surface area (Å²) >= 11 is 0. The number of carbonyl (C=O) groups is 1. The van der Waals surface area contributed by atoms with E-state index in [-0.39, 0.29) is 6.10 Å². The molecule has 1 unspecified atom stereocenters. The number of fused-ring (bicyclic) bond motifs is 1. The third-order valence-corrected chi connectivity index (χ3v) is 4.11. The average Bonchev–Trinajstić information content (AvgIpc) is 2.75. The lowest BCUT2D eigenvalue weighted by atomic mass is 10.1. The van der Waals surface area contributed by atoms with E-state index in [2.05, 4.69) is 31.4 Å². The van der Waals surface area contributed by atoms with E-state index >= 15 is 0 Å². The highest BCUT2D eigenvalue weighted by atomic mass is 16.5. The fraction of sp³-hybridized carbons (Fsp3) is 0.500. The Balaban J connectivity index is 2.48. The third-order valence-electron chi connectivity index (χ3n) is 4.11. The Kier molecular flexibility index (Phi) is 5.05. The summed E-state index contributed by atoms with van der Waals surface area (Å²) in [5.41, 5.74) is 2.96. The quantitative estimate of drug-likeness (QED) is 0.689. The minimum absolute atomic E-state index is 0.186. The van der Waals surface area contributed by atoms with Gasteiger partial charge < -0.3 is 9.30 Å². The van der Waals surface area contributed by atoms with Crippen molar-refractivity contribution in [2.45, 2.75) is 59.6 Å². The van der Waals surface area contributed by atoms with Gasteiger partial charge in [-0.15, -0.1) is 0 Å². The first-order valence-electron chi connectivity index (χ1n) is 7.87. The fourth-order valence-electron chi connectivity index (χ4n) is 2.63. The number of unbranched alkanes of at least 4 members (excludes halogenated alkanes) is 1. The van der Waals surface area contributed by atoms with Crippen LogP contribution in [0.1, 0.15) is 56.1 Å². The highest BCUT2D eigenvalue weighted by Gasteiger charge is 2.14. The van der Waals surface area contributed by atoms with Crippen LogP contribution in [0.5, 0.6) is 5.75 Å². The van der Waals surface area contributed by atoms with Crippen LogP contribution in [0.3, 0.4) is 0 Å². The minimum Gasteiger partial charge on any atom is -0.491 e. The van der Waals surface area contributed by atoms with Crippen LogP contribution in [0.25, 0.3) is 10.9 Å². The maximum absolute atomic E-state index is 11.5. The molecule has 114 valence electrons. The first kappa shape index (κ1) is 15.6. The van der Waals surface area contributed by atoms with Crippen LogP contribution < -0.4 is 4.74 Å². The number of hydrogen-bond donors (Lipinski definition) is 0. The summed E-state index contributed by atoms with van der Waals surface area (Å²) in [7, 11) is 0. The number of aryl methyl sites for hydroxylation is 1. The molecule has 1 aromatic carbocycles. The zero-order chi connectivity index (χ0) is 15.4. The van der Waals surface area contributed by atoms with Crippen LogP contribution in [0.4, 0.5) is 0 Å². The van der Waals surface area contributed by atoms with Gasteiger partial charge in [0.1, 0.15) is 5.75 Å². The van der Waals surface area contributed by atoms with E-state index in [1.807, 2.05) is 19.1 Å². The van der Waals surface area contributed by atoms with Crippen molar-refractivity contribution < 1.29 is 9.53 Å². The molecule has 21 heavy (non-hydrogen) atoms. The van der Waals surface area contributed by atoms with Crippen LogP contribution in [0.15, 0.2) is 18.2 Å². The molecular weight excluding hydrogens is 262 g/mol. The number of benzene rings is 1. The van der Waals surface area contributed by atoms with Crippen molar-refractivity contribution in [3.05, 3.63) is 29.5 Å². The summed E-state index contributed by atoms with van der Waals surface area (Å²) in [6.07, 6.45) is 4.38. The van der Waals surface area contributed by atoms with Gasteiger partial charge in [0.25, 0.3) is 0 Å². The Morgan fingerprint density at radius 1 is 1.33 bits per heavy atom. The first-order chi connectivity index (χ1) is 10.1. The molecule has 0 spiro atoms. The van der Waals surface area contributed by atoms with E-state index in [9.17, 15) is 4.79 Å². The normalized spacial score (nSPS) is 12.6. The van der Waals surface area contributed by atoms with E-state index in [0.717, 1.165) is 60.0 Å². The molecule has 0 bridgehead atoms. The Bertz CT molecular complexity index is 628. The summed E-state index contributed by atoms with van der Waals surface area (Å²) in [5.74, 6) is 0.840. The number of carbonyl (C=O) groups excluding carboxylic acids is 1. The molecule has 2 rings (SSSR count). The zero-order valence-electron chi connectivity index (χ0n) is 13.5. The molecular formula is C18H25NO2.